The van der Waals surface area contributed by atoms with Gasteiger partial charge in [0.15, 0.2) is 0 Å². The summed E-state index contributed by atoms with van der Waals surface area (Å²) in [4.78, 5) is 3.12. The van der Waals surface area contributed by atoms with Crippen molar-refractivity contribution < 1.29 is 0 Å². The Kier molecular flexibility index (Phi) is 3.13. The highest BCUT2D eigenvalue weighted by molar-refractivity contribution is 7.78. The fourth-order valence-electron chi connectivity index (χ4n) is 0.0518. The maximum absolute atomic E-state index is 5.07. The smallest absolute Gasteiger partial charge is 0.177 e. The van der Waals surface area contributed by atoms with Crippen LogP contribution < -0.4 is 0 Å². The first kappa shape index (κ1) is 7.67. The number of hydrogen-bond donors (Lipinski definition) is 0. The van der Waals surface area contributed by atoms with E-state index in [1.165, 1.54) is 0 Å². The maximum Gasteiger partial charge on any atom is 0.293 e. The lowest BCUT2D eigenvalue weighted by molar-refractivity contribution is 1.19. The highest BCUT2D eigenvalue weighted by atomic mass is 35.6. The molecule has 0 heterocycles. The summed E-state index contributed by atoms with van der Waals surface area (Å²) in [5.41, 5.74) is 0. The molecule has 40 valence electrons. The average molecular weight is 176 g/mol. The number of halogens is 3. The molecule has 0 atom stereocenters. The lowest BCUT2D eigenvalue weighted by atomic mass is 11.4. The second-order valence-corrected chi connectivity index (χ2v) is 3.07. The van der Waals surface area contributed by atoms with Crippen molar-refractivity contribution in [3.8, 4) is 0 Å². The molecule has 0 saturated heterocycles. The SMILES string of the molecule is S=C=NC(Cl)(Cl)Cl. The molecule has 0 aromatic heterocycles. The first-order chi connectivity index (χ1) is 3.06. The summed E-state index contributed by atoms with van der Waals surface area (Å²) in [5.74, 6) is 0. The Morgan fingerprint density at radius 2 is 1.86 bits per heavy atom. The normalized spacial score (nSPS) is 10.1. The van der Waals surface area contributed by atoms with Crippen LogP contribution >= 0.6 is 47.0 Å². The molecule has 0 aliphatic carbocycles. The minimum Gasteiger partial charge on any atom is -0.177 e. The first-order valence-corrected chi connectivity index (χ1v) is 2.76. The van der Waals surface area contributed by atoms with E-state index in [9.17, 15) is 0 Å². The van der Waals surface area contributed by atoms with Crippen LogP contribution in [0.15, 0.2) is 4.99 Å². The van der Waals surface area contributed by atoms with Gasteiger partial charge in [-0.25, -0.2) is 0 Å². The van der Waals surface area contributed by atoms with Gasteiger partial charge >= 0.3 is 0 Å². The largest absolute Gasteiger partial charge is 0.293 e. The number of isothiocyanates is 1. The summed E-state index contributed by atoms with van der Waals surface area (Å²) in [5, 5.41) is 1.92. The van der Waals surface area contributed by atoms with Crippen molar-refractivity contribution in [1.82, 2.24) is 0 Å². The summed E-state index contributed by atoms with van der Waals surface area (Å²) < 4.78 is -1.62. The highest BCUT2D eigenvalue weighted by Gasteiger charge is 2.15. The molecule has 5 heteroatoms. The van der Waals surface area contributed by atoms with E-state index < -0.39 is 3.92 Å². The van der Waals surface area contributed by atoms with Crippen LogP contribution in [0.25, 0.3) is 0 Å². The van der Waals surface area contributed by atoms with Crippen LogP contribution in [0.3, 0.4) is 0 Å². The summed E-state index contributed by atoms with van der Waals surface area (Å²) >= 11 is 19.3. The Labute approximate surface area is 61.3 Å². The third-order valence-corrected chi connectivity index (χ3v) is 0.517. The molecule has 0 saturated carbocycles. The molecule has 0 bridgehead atoms. The first-order valence-electron chi connectivity index (χ1n) is 1.22. The van der Waals surface area contributed by atoms with E-state index in [0.717, 1.165) is 0 Å². The lowest BCUT2D eigenvalue weighted by Crippen LogP contribution is -1.92. The zero-order valence-electron chi connectivity index (χ0n) is 2.99. The van der Waals surface area contributed by atoms with Crippen molar-refractivity contribution in [2.24, 2.45) is 4.99 Å². The van der Waals surface area contributed by atoms with E-state index in [4.69, 9.17) is 34.8 Å². The standard InChI is InChI=1S/C2Cl3NS/c3-2(4,5)6-1-7. The third kappa shape index (κ3) is 6.67. The Bertz CT molecular complexity index is 100.0. The third-order valence-electron chi connectivity index (χ3n) is 0.172. The van der Waals surface area contributed by atoms with Gasteiger partial charge in [0.2, 0.25) is 0 Å². The molecule has 0 rings (SSSR count). The Hall–Kier alpha value is 0.670. The molecule has 0 aliphatic heterocycles. The van der Waals surface area contributed by atoms with Gasteiger partial charge in [0.25, 0.3) is 3.92 Å². The molecular weight excluding hydrogens is 176 g/mol. The molecule has 0 unspecified atom stereocenters. The molecule has 0 spiro atoms. The minimum absolute atomic E-state index is 1.62. The van der Waals surface area contributed by atoms with Gasteiger partial charge in [0.1, 0.15) is 0 Å². The maximum atomic E-state index is 5.07. The molecule has 0 aromatic carbocycles. The van der Waals surface area contributed by atoms with E-state index in [-0.39, 0.29) is 0 Å². The van der Waals surface area contributed by atoms with Crippen molar-refractivity contribution in [1.29, 1.82) is 0 Å². The van der Waals surface area contributed by atoms with E-state index in [1.54, 1.807) is 0 Å². The van der Waals surface area contributed by atoms with Crippen molar-refractivity contribution in [2.45, 2.75) is 3.92 Å². The summed E-state index contributed by atoms with van der Waals surface area (Å²) in [6.45, 7) is 0. The zero-order valence-corrected chi connectivity index (χ0v) is 6.07. The number of thiocarbonyl (C=S) groups is 1. The lowest BCUT2D eigenvalue weighted by Gasteiger charge is -1.95. The molecule has 0 aromatic rings. The number of nitrogens with zero attached hydrogens (tertiary/aromatic N) is 1. The van der Waals surface area contributed by atoms with E-state index >= 15 is 0 Å². The molecule has 7 heavy (non-hydrogen) atoms. The summed E-state index contributed by atoms with van der Waals surface area (Å²) in [6.07, 6.45) is 0. The number of hydrogen-bond acceptors (Lipinski definition) is 2. The molecule has 0 N–H and O–H groups in total. The van der Waals surface area contributed by atoms with E-state index in [1.807, 2.05) is 5.16 Å². The Morgan fingerprint density at radius 3 is 1.86 bits per heavy atom. The number of aliphatic imine (C=N–C) groups is 1. The van der Waals surface area contributed by atoms with Crippen LogP contribution in [0.1, 0.15) is 0 Å². The molecule has 0 radical (unpaired) electrons. The molecule has 0 amide bonds. The van der Waals surface area contributed by atoms with Gasteiger partial charge < -0.3 is 0 Å². The molecule has 1 nitrogen and oxygen atoms in total. The predicted molar refractivity (Wildman–Crippen MR) is 35.3 cm³/mol. The fraction of sp³-hybridized carbons (Fsp3) is 0.500. The van der Waals surface area contributed by atoms with Gasteiger partial charge in [-0.2, -0.15) is 4.99 Å². The van der Waals surface area contributed by atoms with Gasteiger partial charge in [0, 0.05) is 0 Å². The highest BCUT2D eigenvalue weighted by Crippen LogP contribution is 2.26. The molecular formula is C2Cl3NS. The summed E-state index contributed by atoms with van der Waals surface area (Å²) in [6, 6.07) is 0. The van der Waals surface area contributed by atoms with Gasteiger partial charge in [-0.1, -0.05) is 34.8 Å². The minimum atomic E-state index is -1.62. The number of alkyl halides is 3. The second kappa shape index (κ2) is 2.85. The van der Waals surface area contributed by atoms with Crippen LogP contribution in [-0.2, 0) is 0 Å². The molecule has 0 fully saturated rings. The van der Waals surface area contributed by atoms with E-state index in [0.29, 0.717) is 0 Å². The Balaban J connectivity index is 3.80. The average Bonchev–Trinajstić information content (AvgIpc) is 1.30. The second-order valence-electron chi connectivity index (χ2n) is 0.671. The Morgan fingerprint density at radius 1 is 1.43 bits per heavy atom. The van der Waals surface area contributed by atoms with Crippen LogP contribution in [0, 0.1) is 0 Å². The van der Waals surface area contributed by atoms with Gasteiger partial charge in [-0.15, -0.1) is 0 Å². The van der Waals surface area contributed by atoms with Crippen molar-refractivity contribution in [3.63, 3.8) is 0 Å². The van der Waals surface area contributed by atoms with E-state index in [2.05, 4.69) is 17.2 Å². The monoisotopic (exact) mass is 175 g/mol. The fourth-order valence-corrected chi connectivity index (χ4v) is 0.466. The van der Waals surface area contributed by atoms with Crippen LogP contribution in [0.4, 0.5) is 0 Å². The summed E-state index contributed by atoms with van der Waals surface area (Å²) in [7, 11) is 0. The van der Waals surface area contributed by atoms with Crippen molar-refractivity contribution in [2.75, 3.05) is 0 Å². The molecule has 0 aliphatic rings. The number of rotatable bonds is 0. The predicted octanol–water partition coefficient (Wildman–Crippen LogP) is 2.42. The van der Waals surface area contributed by atoms with Gasteiger partial charge in [-0.3, -0.25) is 0 Å². The van der Waals surface area contributed by atoms with Crippen LogP contribution in [0.5, 0.6) is 0 Å². The van der Waals surface area contributed by atoms with Crippen LogP contribution in [-0.4, -0.2) is 9.08 Å². The zero-order chi connectivity index (χ0) is 5.91. The van der Waals surface area contributed by atoms with Gasteiger partial charge in [0.05, 0.1) is 5.16 Å². The van der Waals surface area contributed by atoms with Gasteiger partial charge in [-0.05, 0) is 12.2 Å². The van der Waals surface area contributed by atoms with Crippen molar-refractivity contribution in [3.05, 3.63) is 0 Å². The van der Waals surface area contributed by atoms with Crippen molar-refractivity contribution >= 4 is 52.2 Å². The topological polar surface area (TPSA) is 12.4 Å². The van der Waals surface area contributed by atoms with Crippen LogP contribution in [0.2, 0.25) is 0 Å². The quantitative estimate of drug-likeness (QED) is 0.239.